The Bertz CT molecular complexity index is 816. The monoisotopic (exact) mass is 379 g/mol. The molecule has 0 amide bonds. The van der Waals surface area contributed by atoms with Gasteiger partial charge in [0.05, 0.1) is 28.5 Å². The molecule has 0 saturated carbocycles. The summed E-state index contributed by atoms with van der Waals surface area (Å²) >= 11 is 11.8. The lowest BCUT2D eigenvalue weighted by molar-refractivity contribution is -0.138. The van der Waals surface area contributed by atoms with Crippen molar-refractivity contribution >= 4 is 35.2 Å². The number of pyridine rings is 1. The predicted octanol–water partition coefficient (Wildman–Crippen LogP) is 4.06. The van der Waals surface area contributed by atoms with E-state index in [0.29, 0.717) is 12.0 Å². The normalized spacial score (nSPS) is 12.1. The summed E-state index contributed by atoms with van der Waals surface area (Å²) in [7, 11) is 0. The number of aliphatic carboxylic acids is 1. The van der Waals surface area contributed by atoms with E-state index < -0.39 is 17.7 Å². The standard InChI is InChI=1S/C14H10Cl2F3N3O2/c1-7-21-13(16)11(2-3-12(23)24)22(7)6-10-9(15)4-8(5-20-10)14(17,18)19/h2-5H,6H2,1H3,(H,23,24). The van der Waals surface area contributed by atoms with E-state index in [9.17, 15) is 18.0 Å². The van der Waals surface area contributed by atoms with Crippen molar-refractivity contribution in [3.63, 3.8) is 0 Å². The molecule has 2 rings (SSSR count). The molecule has 2 aromatic rings. The molecule has 0 spiro atoms. The highest BCUT2D eigenvalue weighted by Crippen LogP contribution is 2.31. The molecule has 0 aliphatic heterocycles. The van der Waals surface area contributed by atoms with Gasteiger partial charge in [-0.1, -0.05) is 23.2 Å². The van der Waals surface area contributed by atoms with Crippen LogP contribution in [0.15, 0.2) is 18.3 Å². The van der Waals surface area contributed by atoms with Gasteiger partial charge < -0.3 is 9.67 Å². The molecule has 0 aromatic carbocycles. The largest absolute Gasteiger partial charge is 0.478 e. The van der Waals surface area contributed by atoms with Crippen molar-refractivity contribution in [2.24, 2.45) is 0 Å². The van der Waals surface area contributed by atoms with Crippen molar-refractivity contribution in [1.82, 2.24) is 14.5 Å². The second kappa shape index (κ2) is 6.82. The minimum absolute atomic E-state index is 0.0121. The molecule has 5 nitrogen and oxygen atoms in total. The average Bonchev–Trinajstić information content (AvgIpc) is 2.71. The Balaban J connectivity index is 2.40. The molecule has 2 heterocycles. The number of carboxylic acids is 1. The van der Waals surface area contributed by atoms with E-state index in [4.69, 9.17) is 28.3 Å². The lowest BCUT2D eigenvalue weighted by Gasteiger charge is -2.11. The number of hydrogen-bond acceptors (Lipinski definition) is 3. The molecule has 0 aliphatic carbocycles. The van der Waals surface area contributed by atoms with E-state index in [1.54, 1.807) is 6.92 Å². The van der Waals surface area contributed by atoms with E-state index in [1.807, 2.05) is 0 Å². The Hall–Kier alpha value is -2.06. The summed E-state index contributed by atoms with van der Waals surface area (Å²) < 4.78 is 39.4. The Morgan fingerprint density at radius 2 is 2.08 bits per heavy atom. The minimum atomic E-state index is -4.54. The van der Waals surface area contributed by atoms with Gasteiger partial charge in [0, 0.05) is 12.3 Å². The zero-order valence-corrected chi connectivity index (χ0v) is 13.6. The summed E-state index contributed by atoms with van der Waals surface area (Å²) in [6.07, 6.45) is -1.75. The van der Waals surface area contributed by atoms with Crippen LogP contribution in [0.25, 0.3) is 6.08 Å². The first-order valence-corrected chi connectivity index (χ1v) is 7.20. The smallest absolute Gasteiger partial charge is 0.417 e. The zero-order valence-electron chi connectivity index (χ0n) is 12.1. The van der Waals surface area contributed by atoms with Gasteiger partial charge in [0.1, 0.15) is 5.82 Å². The number of carbonyl (C=O) groups is 1. The molecule has 0 bridgehead atoms. The van der Waals surface area contributed by atoms with Crippen molar-refractivity contribution in [3.8, 4) is 0 Å². The fraction of sp³-hybridized carbons (Fsp3) is 0.214. The van der Waals surface area contributed by atoms with Crippen LogP contribution in [0.5, 0.6) is 0 Å². The van der Waals surface area contributed by atoms with E-state index in [2.05, 4.69) is 9.97 Å². The number of aryl methyl sites for hydroxylation is 1. The van der Waals surface area contributed by atoms with Crippen LogP contribution in [0.2, 0.25) is 10.2 Å². The second-order valence-corrected chi connectivity index (χ2v) is 5.51. The lowest BCUT2D eigenvalue weighted by Crippen LogP contribution is -2.10. The summed E-state index contributed by atoms with van der Waals surface area (Å²) in [4.78, 5) is 18.4. The Kier molecular flexibility index (Phi) is 5.19. The number of imidazole rings is 1. The molecule has 0 radical (unpaired) electrons. The Labute approximate surface area is 144 Å². The van der Waals surface area contributed by atoms with E-state index in [-0.39, 0.29) is 28.1 Å². The van der Waals surface area contributed by atoms with Gasteiger partial charge in [0.25, 0.3) is 0 Å². The number of aromatic nitrogens is 3. The quantitative estimate of drug-likeness (QED) is 0.813. The third-order valence-corrected chi connectivity index (χ3v) is 3.69. The van der Waals surface area contributed by atoms with Crippen molar-refractivity contribution in [3.05, 3.63) is 51.3 Å². The van der Waals surface area contributed by atoms with Crippen LogP contribution in [-0.2, 0) is 17.5 Å². The molecule has 1 N–H and O–H groups in total. The lowest BCUT2D eigenvalue weighted by atomic mass is 10.2. The van der Waals surface area contributed by atoms with Gasteiger partial charge >= 0.3 is 12.1 Å². The molecular weight excluding hydrogens is 370 g/mol. The first-order valence-electron chi connectivity index (χ1n) is 6.45. The highest BCUT2D eigenvalue weighted by atomic mass is 35.5. The fourth-order valence-electron chi connectivity index (χ4n) is 1.94. The van der Waals surface area contributed by atoms with Gasteiger partial charge in [-0.25, -0.2) is 9.78 Å². The summed E-state index contributed by atoms with van der Waals surface area (Å²) in [6.45, 7) is 1.60. The molecule has 24 heavy (non-hydrogen) atoms. The number of hydrogen-bond donors (Lipinski definition) is 1. The maximum absolute atomic E-state index is 12.6. The van der Waals surface area contributed by atoms with Gasteiger partial charge in [-0.2, -0.15) is 13.2 Å². The second-order valence-electron chi connectivity index (χ2n) is 4.74. The Morgan fingerprint density at radius 1 is 1.42 bits per heavy atom. The predicted molar refractivity (Wildman–Crippen MR) is 82.0 cm³/mol. The maximum atomic E-state index is 12.6. The fourth-order valence-corrected chi connectivity index (χ4v) is 2.45. The number of alkyl halides is 3. The van der Waals surface area contributed by atoms with Crippen LogP contribution >= 0.6 is 23.2 Å². The van der Waals surface area contributed by atoms with Crippen LogP contribution in [-0.4, -0.2) is 25.6 Å². The van der Waals surface area contributed by atoms with Crippen molar-refractivity contribution in [2.45, 2.75) is 19.6 Å². The van der Waals surface area contributed by atoms with Crippen molar-refractivity contribution < 1.29 is 23.1 Å². The molecule has 2 aromatic heterocycles. The molecule has 10 heteroatoms. The number of carboxylic acid groups (broad SMARTS) is 1. The third-order valence-electron chi connectivity index (χ3n) is 3.09. The first-order chi connectivity index (χ1) is 11.1. The highest BCUT2D eigenvalue weighted by Gasteiger charge is 2.31. The molecule has 0 aliphatic rings. The Morgan fingerprint density at radius 3 is 2.62 bits per heavy atom. The first kappa shape index (κ1) is 18.3. The van der Waals surface area contributed by atoms with Gasteiger partial charge in [-0.05, 0) is 19.1 Å². The molecular formula is C14H10Cl2F3N3O2. The summed E-state index contributed by atoms with van der Waals surface area (Å²) in [5.74, 6) is -0.745. The van der Waals surface area contributed by atoms with E-state index in [0.717, 1.165) is 12.1 Å². The van der Waals surface area contributed by atoms with Gasteiger partial charge in [0.15, 0.2) is 5.15 Å². The van der Waals surface area contributed by atoms with E-state index >= 15 is 0 Å². The topological polar surface area (TPSA) is 68.0 Å². The van der Waals surface area contributed by atoms with Crippen molar-refractivity contribution in [1.29, 1.82) is 0 Å². The molecule has 128 valence electrons. The molecule has 0 atom stereocenters. The van der Waals surface area contributed by atoms with Crippen LogP contribution in [0, 0.1) is 6.92 Å². The van der Waals surface area contributed by atoms with Crippen LogP contribution in [0.4, 0.5) is 13.2 Å². The molecule has 0 fully saturated rings. The summed E-state index contributed by atoms with van der Waals surface area (Å²) in [5.41, 5.74) is -0.497. The van der Waals surface area contributed by atoms with Crippen LogP contribution < -0.4 is 0 Å². The van der Waals surface area contributed by atoms with Crippen molar-refractivity contribution in [2.75, 3.05) is 0 Å². The van der Waals surface area contributed by atoms with Crippen LogP contribution in [0.3, 0.4) is 0 Å². The zero-order chi connectivity index (χ0) is 18.1. The number of halogens is 5. The van der Waals surface area contributed by atoms with E-state index in [1.165, 1.54) is 10.6 Å². The van der Waals surface area contributed by atoms with Crippen LogP contribution in [0.1, 0.15) is 22.8 Å². The molecule has 0 saturated heterocycles. The average molecular weight is 380 g/mol. The van der Waals surface area contributed by atoms with Gasteiger partial charge in [-0.15, -0.1) is 0 Å². The maximum Gasteiger partial charge on any atom is 0.417 e. The number of rotatable bonds is 4. The summed E-state index contributed by atoms with van der Waals surface area (Å²) in [6, 6.07) is 0.782. The SMILES string of the molecule is Cc1nc(Cl)c(C=CC(=O)O)n1Cc1ncc(C(F)(F)F)cc1Cl. The van der Waals surface area contributed by atoms with Gasteiger partial charge in [0.2, 0.25) is 0 Å². The third kappa shape index (κ3) is 4.07. The summed E-state index contributed by atoms with van der Waals surface area (Å²) in [5, 5.41) is 8.60. The number of nitrogens with zero attached hydrogens (tertiary/aromatic N) is 3. The molecule has 0 unspecified atom stereocenters. The van der Waals surface area contributed by atoms with Gasteiger partial charge in [-0.3, -0.25) is 4.98 Å². The highest BCUT2D eigenvalue weighted by molar-refractivity contribution is 6.31. The minimum Gasteiger partial charge on any atom is -0.478 e.